The van der Waals surface area contributed by atoms with Crippen LogP contribution in [0.3, 0.4) is 0 Å². The Balaban J connectivity index is 1.56. The predicted molar refractivity (Wildman–Crippen MR) is 146 cm³/mol. The number of amides is 1. The minimum absolute atomic E-state index is 0.00758. The first-order chi connectivity index (χ1) is 18.9. The maximum Gasteiger partial charge on any atom is 0.332 e. The smallest absolute Gasteiger partial charge is 0.332 e. The number of ether oxygens (including phenoxy) is 2. The minimum Gasteiger partial charge on any atom is -0.493 e. The average molecular weight is 532 g/mol. The number of methoxy groups -OCH3 is 2. The van der Waals surface area contributed by atoms with Crippen molar-refractivity contribution in [3.63, 3.8) is 0 Å². The molecule has 4 aromatic rings. The number of rotatable bonds is 7. The lowest BCUT2D eigenvalue weighted by Crippen LogP contribution is -2.40. The third-order valence-corrected chi connectivity index (χ3v) is 7.17. The summed E-state index contributed by atoms with van der Waals surface area (Å²) in [5.41, 5.74) is 1.37. The van der Waals surface area contributed by atoms with E-state index in [2.05, 4.69) is 0 Å². The Morgan fingerprint density at radius 1 is 0.795 bits per heavy atom. The second-order valence-corrected chi connectivity index (χ2v) is 9.66. The molecule has 39 heavy (non-hydrogen) atoms. The molecule has 3 aromatic carbocycles. The number of carbonyl (C=O) groups is 1. The molecule has 1 aliphatic rings. The van der Waals surface area contributed by atoms with Crippen molar-refractivity contribution in [2.24, 2.45) is 0 Å². The number of benzene rings is 3. The highest BCUT2D eigenvalue weighted by Gasteiger charge is 2.20. The third-order valence-electron chi connectivity index (χ3n) is 7.17. The highest BCUT2D eigenvalue weighted by atomic mass is 19.1. The van der Waals surface area contributed by atoms with Crippen molar-refractivity contribution in [3.05, 3.63) is 104 Å². The molecule has 2 heterocycles. The first-order valence-corrected chi connectivity index (χ1v) is 12.9. The summed E-state index contributed by atoms with van der Waals surface area (Å²) in [5.74, 6) is 0.353. The van der Waals surface area contributed by atoms with Crippen LogP contribution in [0.25, 0.3) is 10.9 Å². The third kappa shape index (κ3) is 5.30. The molecule has 0 radical (unpaired) electrons. The van der Waals surface area contributed by atoms with Crippen LogP contribution in [-0.4, -0.2) is 47.3 Å². The summed E-state index contributed by atoms with van der Waals surface area (Å²) < 4.78 is 27.0. The maximum absolute atomic E-state index is 13.7. The Morgan fingerprint density at radius 2 is 1.36 bits per heavy atom. The number of aromatic nitrogens is 2. The van der Waals surface area contributed by atoms with E-state index in [1.54, 1.807) is 48.5 Å². The highest BCUT2D eigenvalue weighted by Crippen LogP contribution is 2.30. The first-order valence-electron chi connectivity index (χ1n) is 12.9. The van der Waals surface area contributed by atoms with Crippen LogP contribution < -0.4 is 20.7 Å². The van der Waals surface area contributed by atoms with Crippen LogP contribution in [0, 0.1) is 5.82 Å². The van der Waals surface area contributed by atoms with E-state index >= 15 is 0 Å². The topological polar surface area (TPSA) is 82.8 Å². The fraction of sp³-hybridized carbons (Fsp3) is 0.300. The van der Waals surface area contributed by atoms with Gasteiger partial charge in [-0.3, -0.25) is 18.7 Å². The van der Waals surface area contributed by atoms with Crippen LogP contribution in [0.5, 0.6) is 11.5 Å². The Labute approximate surface area is 224 Å². The zero-order valence-electron chi connectivity index (χ0n) is 22.0. The molecule has 1 fully saturated rings. The molecule has 0 N–H and O–H groups in total. The molecule has 9 heteroatoms. The predicted octanol–water partition coefficient (Wildman–Crippen LogP) is 4.04. The zero-order valence-corrected chi connectivity index (χ0v) is 22.0. The molecule has 0 unspecified atom stereocenters. The molecule has 0 aliphatic carbocycles. The van der Waals surface area contributed by atoms with E-state index in [4.69, 9.17) is 9.47 Å². The molecule has 0 atom stereocenters. The van der Waals surface area contributed by atoms with E-state index in [-0.39, 0.29) is 30.2 Å². The fourth-order valence-electron chi connectivity index (χ4n) is 5.02. The van der Waals surface area contributed by atoms with Gasteiger partial charge in [0.15, 0.2) is 11.5 Å². The first kappa shape index (κ1) is 26.2. The lowest BCUT2D eigenvalue weighted by molar-refractivity contribution is 0.0724. The van der Waals surface area contributed by atoms with Crippen molar-refractivity contribution in [2.75, 3.05) is 27.3 Å². The maximum atomic E-state index is 13.7. The molecule has 1 saturated heterocycles. The van der Waals surface area contributed by atoms with Gasteiger partial charge in [-0.25, -0.2) is 9.18 Å². The van der Waals surface area contributed by atoms with Gasteiger partial charge < -0.3 is 14.4 Å². The molecule has 8 nitrogen and oxygen atoms in total. The number of halogens is 1. The second-order valence-electron chi connectivity index (χ2n) is 9.66. The van der Waals surface area contributed by atoms with Crippen molar-refractivity contribution in [1.82, 2.24) is 14.0 Å². The van der Waals surface area contributed by atoms with E-state index in [0.717, 1.165) is 32.4 Å². The number of hydrogen-bond donors (Lipinski definition) is 0. The number of nitrogens with zero attached hydrogens (tertiary/aromatic N) is 3. The molecule has 0 bridgehead atoms. The van der Waals surface area contributed by atoms with Crippen molar-refractivity contribution in [2.45, 2.75) is 32.4 Å². The standard InChI is InChI=1S/C30H30FN3O5/c1-38-26-16-24-25(17-27(26)39-2)33(18-21-8-12-23(31)13-9-21)30(37)34(29(24)36)19-20-6-10-22(11-7-20)28(35)32-14-4-3-5-15-32/h6-13,16-17H,3-5,14-15,18-19H2,1-2H3. The lowest BCUT2D eigenvalue weighted by Gasteiger charge is -2.26. The number of likely N-dealkylation sites (tertiary alicyclic amines) is 1. The van der Waals surface area contributed by atoms with Gasteiger partial charge in [0, 0.05) is 24.7 Å². The van der Waals surface area contributed by atoms with E-state index in [0.29, 0.717) is 33.7 Å². The summed E-state index contributed by atoms with van der Waals surface area (Å²) in [5, 5.41) is 0.284. The lowest BCUT2D eigenvalue weighted by atomic mass is 10.1. The number of piperidine rings is 1. The summed E-state index contributed by atoms with van der Waals surface area (Å²) >= 11 is 0. The number of carbonyl (C=O) groups excluding carboxylic acids is 1. The quantitative estimate of drug-likeness (QED) is 0.360. The molecule has 1 aliphatic heterocycles. The molecule has 5 rings (SSSR count). The molecule has 202 valence electrons. The van der Waals surface area contributed by atoms with Gasteiger partial charge in [0.25, 0.3) is 11.5 Å². The Kier molecular flexibility index (Phi) is 7.49. The van der Waals surface area contributed by atoms with Crippen molar-refractivity contribution < 1.29 is 18.7 Å². The largest absolute Gasteiger partial charge is 0.493 e. The Morgan fingerprint density at radius 3 is 1.97 bits per heavy atom. The summed E-state index contributed by atoms with van der Waals surface area (Å²) in [6, 6.07) is 16.0. The molecular formula is C30H30FN3O5. The van der Waals surface area contributed by atoms with Crippen molar-refractivity contribution in [1.29, 1.82) is 0 Å². The van der Waals surface area contributed by atoms with Gasteiger partial charge in [-0.1, -0.05) is 24.3 Å². The van der Waals surface area contributed by atoms with E-state index in [1.165, 1.54) is 35.5 Å². The second kappa shape index (κ2) is 11.1. The van der Waals surface area contributed by atoms with Crippen LogP contribution >= 0.6 is 0 Å². The molecule has 1 amide bonds. The Hall–Kier alpha value is -4.40. The SMILES string of the molecule is COc1cc2c(=O)n(Cc3ccc(C(=O)N4CCCCC4)cc3)c(=O)n(Cc3ccc(F)cc3)c2cc1OC. The van der Waals surface area contributed by atoms with E-state index in [1.807, 2.05) is 4.90 Å². The Bertz CT molecular complexity index is 1620. The van der Waals surface area contributed by atoms with Gasteiger partial charge in [0.1, 0.15) is 5.82 Å². The van der Waals surface area contributed by atoms with Crippen LogP contribution in [0.4, 0.5) is 4.39 Å². The van der Waals surface area contributed by atoms with Crippen LogP contribution in [0.15, 0.2) is 70.3 Å². The molecule has 1 aromatic heterocycles. The fourth-order valence-corrected chi connectivity index (χ4v) is 5.02. The van der Waals surface area contributed by atoms with Gasteiger partial charge >= 0.3 is 5.69 Å². The van der Waals surface area contributed by atoms with Crippen LogP contribution in [-0.2, 0) is 13.1 Å². The highest BCUT2D eigenvalue weighted by molar-refractivity contribution is 5.94. The van der Waals surface area contributed by atoms with E-state index in [9.17, 15) is 18.8 Å². The van der Waals surface area contributed by atoms with E-state index < -0.39 is 11.2 Å². The van der Waals surface area contributed by atoms with Crippen LogP contribution in [0.1, 0.15) is 40.7 Å². The van der Waals surface area contributed by atoms with Crippen LogP contribution in [0.2, 0.25) is 0 Å². The zero-order chi connectivity index (χ0) is 27.5. The van der Waals surface area contributed by atoms with Gasteiger partial charge in [-0.2, -0.15) is 0 Å². The monoisotopic (exact) mass is 531 g/mol. The van der Waals surface area contributed by atoms with Gasteiger partial charge in [-0.15, -0.1) is 0 Å². The minimum atomic E-state index is -0.516. The summed E-state index contributed by atoms with van der Waals surface area (Å²) in [7, 11) is 2.95. The number of fused-ring (bicyclic) bond motifs is 1. The normalized spacial score (nSPS) is 13.5. The summed E-state index contributed by atoms with van der Waals surface area (Å²) in [4.78, 5) is 42.0. The average Bonchev–Trinajstić information content (AvgIpc) is 2.98. The van der Waals surface area contributed by atoms with Crippen molar-refractivity contribution >= 4 is 16.8 Å². The van der Waals surface area contributed by atoms with Gasteiger partial charge in [0.2, 0.25) is 0 Å². The van der Waals surface area contributed by atoms with Gasteiger partial charge in [0.05, 0.1) is 38.2 Å². The summed E-state index contributed by atoms with van der Waals surface area (Å²) in [6.45, 7) is 1.65. The molecule has 0 saturated carbocycles. The van der Waals surface area contributed by atoms with Crippen molar-refractivity contribution in [3.8, 4) is 11.5 Å². The molecule has 0 spiro atoms. The summed E-state index contributed by atoms with van der Waals surface area (Å²) in [6.07, 6.45) is 3.16. The van der Waals surface area contributed by atoms with Gasteiger partial charge in [-0.05, 0) is 60.7 Å². The molecular weight excluding hydrogens is 501 g/mol. The number of hydrogen-bond acceptors (Lipinski definition) is 5.